The summed E-state index contributed by atoms with van der Waals surface area (Å²) < 4.78 is 34.2. The molecule has 8 heteroatoms. The van der Waals surface area contributed by atoms with E-state index in [2.05, 4.69) is 0 Å². The van der Waals surface area contributed by atoms with Gasteiger partial charge >= 0.3 is 5.97 Å². The average molecular weight is 443 g/mol. The van der Waals surface area contributed by atoms with Gasteiger partial charge in [-0.15, -0.1) is 0 Å². The minimum absolute atomic E-state index is 0.0666. The standard InChI is InChI=1S/C16H18N2O2.C7H8O3S/c1-20-16(19)15(17)12-18(13-8-4-2-5-9-13)14-10-6-3-7-11-14;1-6-2-4-7(5-3-6)11(8,9)10/h2-11,15H,12,17H2,1H3;2-5H,1H3,(H,8,9,10)/t15-;/m0./s1. The maximum absolute atomic E-state index is 11.5. The largest absolute Gasteiger partial charge is 0.468 e. The zero-order valence-electron chi connectivity index (χ0n) is 17.4. The van der Waals surface area contributed by atoms with E-state index in [1.165, 1.54) is 19.2 Å². The van der Waals surface area contributed by atoms with Crippen LogP contribution in [0.2, 0.25) is 0 Å². The summed E-state index contributed by atoms with van der Waals surface area (Å²) >= 11 is 0. The van der Waals surface area contributed by atoms with Crippen LogP contribution in [0.15, 0.2) is 89.8 Å². The van der Waals surface area contributed by atoms with Crippen LogP contribution >= 0.6 is 0 Å². The van der Waals surface area contributed by atoms with Crippen molar-refractivity contribution < 1.29 is 22.5 Å². The molecule has 0 spiro atoms. The van der Waals surface area contributed by atoms with E-state index in [4.69, 9.17) is 15.0 Å². The Morgan fingerprint density at radius 1 is 0.935 bits per heavy atom. The fraction of sp³-hybridized carbons (Fsp3) is 0.174. The third-order valence-electron chi connectivity index (χ3n) is 4.34. The molecule has 0 radical (unpaired) electrons. The smallest absolute Gasteiger partial charge is 0.324 e. The van der Waals surface area contributed by atoms with Crippen LogP contribution in [0.3, 0.4) is 0 Å². The molecule has 0 aliphatic heterocycles. The van der Waals surface area contributed by atoms with E-state index >= 15 is 0 Å². The maximum Gasteiger partial charge on any atom is 0.324 e. The van der Waals surface area contributed by atoms with Crippen LogP contribution in [0, 0.1) is 6.92 Å². The predicted octanol–water partition coefficient (Wildman–Crippen LogP) is 3.57. The van der Waals surface area contributed by atoms with Crippen molar-refractivity contribution in [2.24, 2.45) is 5.73 Å². The molecule has 0 aliphatic carbocycles. The number of hydrogen-bond donors (Lipinski definition) is 2. The topological polar surface area (TPSA) is 110 Å². The molecular formula is C23H26N2O5S. The fourth-order valence-electron chi connectivity index (χ4n) is 2.71. The van der Waals surface area contributed by atoms with Crippen molar-refractivity contribution in [3.63, 3.8) is 0 Å². The van der Waals surface area contributed by atoms with Crippen molar-refractivity contribution in [1.82, 2.24) is 0 Å². The normalized spacial score (nSPS) is 11.6. The molecule has 164 valence electrons. The van der Waals surface area contributed by atoms with Crippen molar-refractivity contribution in [2.45, 2.75) is 17.9 Å². The highest BCUT2D eigenvalue weighted by Crippen LogP contribution is 2.24. The molecule has 0 saturated heterocycles. The number of esters is 1. The van der Waals surface area contributed by atoms with Crippen molar-refractivity contribution in [3.05, 3.63) is 90.5 Å². The summed E-state index contributed by atoms with van der Waals surface area (Å²) in [6.07, 6.45) is 0. The molecule has 0 amide bonds. The van der Waals surface area contributed by atoms with Gasteiger partial charge in [-0.25, -0.2) is 0 Å². The molecular weight excluding hydrogens is 416 g/mol. The quantitative estimate of drug-likeness (QED) is 0.444. The van der Waals surface area contributed by atoms with Gasteiger partial charge in [-0.1, -0.05) is 54.1 Å². The summed E-state index contributed by atoms with van der Waals surface area (Å²) in [5.41, 5.74) is 8.81. The van der Waals surface area contributed by atoms with Gasteiger partial charge in [0.05, 0.1) is 12.0 Å². The maximum atomic E-state index is 11.5. The summed E-state index contributed by atoms with van der Waals surface area (Å²) in [4.78, 5) is 13.5. The summed E-state index contributed by atoms with van der Waals surface area (Å²) in [6.45, 7) is 2.20. The number of nitrogens with two attached hydrogens (primary N) is 1. The van der Waals surface area contributed by atoms with Gasteiger partial charge in [0.15, 0.2) is 0 Å². The zero-order valence-corrected chi connectivity index (χ0v) is 18.2. The second kappa shape index (κ2) is 11.3. The number of hydrogen-bond acceptors (Lipinski definition) is 6. The Kier molecular flexibility index (Phi) is 8.75. The Morgan fingerprint density at radius 2 is 1.39 bits per heavy atom. The monoisotopic (exact) mass is 442 g/mol. The van der Waals surface area contributed by atoms with Crippen LogP contribution in [0.4, 0.5) is 11.4 Å². The van der Waals surface area contributed by atoms with Gasteiger partial charge in [0.25, 0.3) is 10.1 Å². The van der Waals surface area contributed by atoms with Gasteiger partial charge in [-0.2, -0.15) is 8.42 Å². The van der Waals surface area contributed by atoms with E-state index in [9.17, 15) is 13.2 Å². The first-order valence-corrected chi connectivity index (χ1v) is 10.9. The van der Waals surface area contributed by atoms with Crippen LogP contribution < -0.4 is 10.6 Å². The molecule has 7 nitrogen and oxygen atoms in total. The Labute approximate surface area is 182 Å². The number of rotatable bonds is 6. The number of carbonyl (C=O) groups excluding carboxylic acids is 1. The van der Waals surface area contributed by atoms with Crippen molar-refractivity contribution >= 4 is 27.5 Å². The third-order valence-corrected chi connectivity index (χ3v) is 5.21. The van der Waals surface area contributed by atoms with Gasteiger partial charge in [0.1, 0.15) is 6.04 Å². The molecule has 31 heavy (non-hydrogen) atoms. The molecule has 0 fully saturated rings. The van der Waals surface area contributed by atoms with Crippen molar-refractivity contribution in [1.29, 1.82) is 0 Å². The van der Waals surface area contributed by atoms with E-state index in [-0.39, 0.29) is 4.90 Å². The molecule has 0 heterocycles. The highest BCUT2D eigenvalue weighted by atomic mass is 32.2. The lowest BCUT2D eigenvalue weighted by Crippen LogP contribution is -2.41. The minimum Gasteiger partial charge on any atom is -0.468 e. The number of methoxy groups -OCH3 is 1. The molecule has 0 bridgehead atoms. The number of anilines is 2. The van der Waals surface area contributed by atoms with Gasteiger partial charge in [0.2, 0.25) is 0 Å². The number of benzene rings is 3. The highest BCUT2D eigenvalue weighted by molar-refractivity contribution is 7.85. The van der Waals surface area contributed by atoms with E-state index in [1.54, 1.807) is 12.1 Å². The first kappa shape index (κ1) is 24.1. The molecule has 0 unspecified atom stereocenters. The minimum atomic E-state index is -4.02. The Morgan fingerprint density at radius 3 is 1.77 bits per heavy atom. The van der Waals surface area contributed by atoms with Gasteiger partial charge < -0.3 is 15.4 Å². The molecule has 3 aromatic carbocycles. The zero-order chi connectivity index (χ0) is 22.9. The molecule has 0 aliphatic rings. The second-order valence-corrected chi connectivity index (χ2v) is 8.12. The Hall–Kier alpha value is -3.20. The molecule has 0 aromatic heterocycles. The van der Waals surface area contributed by atoms with E-state index in [0.29, 0.717) is 6.54 Å². The summed E-state index contributed by atoms with van der Waals surface area (Å²) in [7, 11) is -2.67. The number of aryl methyl sites for hydroxylation is 1. The first-order valence-electron chi connectivity index (χ1n) is 9.47. The lowest BCUT2D eigenvalue weighted by atomic mass is 10.2. The first-order chi connectivity index (χ1) is 14.7. The third kappa shape index (κ3) is 7.53. The summed E-state index contributed by atoms with van der Waals surface area (Å²) in [5, 5.41) is 0. The lowest BCUT2D eigenvalue weighted by molar-refractivity contribution is -0.141. The molecule has 3 rings (SSSR count). The van der Waals surface area contributed by atoms with Gasteiger partial charge in [-0.05, 0) is 43.3 Å². The number of ether oxygens (including phenoxy) is 1. The van der Waals surface area contributed by atoms with Crippen LogP contribution in [-0.4, -0.2) is 38.6 Å². The SMILES string of the molecule is COC(=O)[C@@H](N)CN(c1ccccc1)c1ccccc1.Cc1ccc(S(=O)(=O)O)cc1. The van der Waals surface area contributed by atoms with Gasteiger partial charge in [0, 0.05) is 17.9 Å². The molecule has 3 N–H and O–H groups in total. The summed E-state index contributed by atoms with van der Waals surface area (Å²) in [6, 6.07) is 24.9. The molecule has 1 atom stereocenters. The van der Waals surface area contributed by atoms with E-state index in [1.807, 2.05) is 72.5 Å². The highest BCUT2D eigenvalue weighted by Gasteiger charge is 2.19. The Bertz CT molecular complexity index is 1020. The van der Waals surface area contributed by atoms with Gasteiger partial charge in [-0.3, -0.25) is 9.35 Å². The van der Waals surface area contributed by atoms with E-state index < -0.39 is 22.1 Å². The summed E-state index contributed by atoms with van der Waals surface area (Å²) in [5.74, 6) is -0.415. The van der Waals surface area contributed by atoms with Crippen LogP contribution in [-0.2, 0) is 19.6 Å². The predicted molar refractivity (Wildman–Crippen MR) is 121 cm³/mol. The number of nitrogens with zero attached hydrogens (tertiary/aromatic N) is 1. The second-order valence-electron chi connectivity index (χ2n) is 6.70. The fourth-order valence-corrected chi connectivity index (χ4v) is 3.19. The average Bonchev–Trinajstić information content (AvgIpc) is 2.78. The van der Waals surface area contributed by atoms with Crippen LogP contribution in [0.1, 0.15) is 5.56 Å². The molecule has 3 aromatic rings. The van der Waals surface area contributed by atoms with E-state index in [0.717, 1.165) is 16.9 Å². The number of carbonyl (C=O) groups is 1. The molecule has 0 saturated carbocycles. The lowest BCUT2D eigenvalue weighted by Gasteiger charge is -2.27. The number of para-hydroxylation sites is 2. The Balaban J connectivity index is 0.000000262. The van der Waals surface area contributed by atoms with Crippen LogP contribution in [0.5, 0.6) is 0 Å². The van der Waals surface area contributed by atoms with Crippen LogP contribution in [0.25, 0.3) is 0 Å². The van der Waals surface area contributed by atoms with Crippen molar-refractivity contribution in [2.75, 3.05) is 18.6 Å². The van der Waals surface area contributed by atoms with Crippen molar-refractivity contribution in [3.8, 4) is 0 Å².